The zero-order valence-corrected chi connectivity index (χ0v) is 6.30. The zero-order chi connectivity index (χ0) is 8.60. The SMILES string of the molecule is FC1(F)CCC(c2nn[nH]n2)C1. The molecule has 1 unspecified atom stereocenters. The van der Waals surface area contributed by atoms with Crippen LogP contribution in [0.15, 0.2) is 0 Å². The summed E-state index contributed by atoms with van der Waals surface area (Å²) < 4.78 is 25.4. The monoisotopic (exact) mass is 174 g/mol. The van der Waals surface area contributed by atoms with Crippen molar-refractivity contribution in [3.8, 4) is 0 Å². The van der Waals surface area contributed by atoms with Gasteiger partial charge in [-0.3, -0.25) is 0 Å². The molecule has 12 heavy (non-hydrogen) atoms. The van der Waals surface area contributed by atoms with Crippen LogP contribution in [-0.4, -0.2) is 26.5 Å². The minimum absolute atomic E-state index is 0.0633. The average molecular weight is 174 g/mol. The summed E-state index contributed by atoms with van der Waals surface area (Å²) in [6.45, 7) is 0. The fourth-order valence-corrected chi connectivity index (χ4v) is 1.51. The van der Waals surface area contributed by atoms with E-state index in [4.69, 9.17) is 0 Å². The molecule has 1 aliphatic rings. The maximum absolute atomic E-state index is 12.7. The van der Waals surface area contributed by atoms with Crippen LogP contribution in [0.5, 0.6) is 0 Å². The highest BCUT2D eigenvalue weighted by atomic mass is 19.3. The van der Waals surface area contributed by atoms with Crippen molar-refractivity contribution in [3.63, 3.8) is 0 Å². The Morgan fingerprint density at radius 3 is 2.83 bits per heavy atom. The first-order chi connectivity index (χ1) is 5.67. The molecule has 1 atom stereocenters. The van der Waals surface area contributed by atoms with Crippen molar-refractivity contribution < 1.29 is 8.78 Å². The number of hydrogen-bond donors (Lipinski definition) is 1. The topological polar surface area (TPSA) is 54.5 Å². The molecule has 0 amide bonds. The van der Waals surface area contributed by atoms with Crippen LogP contribution >= 0.6 is 0 Å². The smallest absolute Gasteiger partial charge is 0.207 e. The Kier molecular flexibility index (Phi) is 1.55. The Morgan fingerprint density at radius 2 is 2.33 bits per heavy atom. The summed E-state index contributed by atoms with van der Waals surface area (Å²) in [6.07, 6.45) is 0.241. The molecule has 1 aromatic rings. The number of nitrogens with one attached hydrogen (secondary N) is 1. The summed E-state index contributed by atoms with van der Waals surface area (Å²) in [5.74, 6) is -2.35. The van der Waals surface area contributed by atoms with E-state index in [1.165, 1.54) is 0 Å². The maximum atomic E-state index is 12.7. The molecule has 1 saturated carbocycles. The van der Waals surface area contributed by atoms with E-state index in [1.54, 1.807) is 0 Å². The van der Waals surface area contributed by atoms with E-state index in [2.05, 4.69) is 20.6 Å². The van der Waals surface area contributed by atoms with Gasteiger partial charge >= 0.3 is 0 Å². The van der Waals surface area contributed by atoms with Crippen molar-refractivity contribution in [2.24, 2.45) is 0 Å². The highest BCUT2D eigenvalue weighted by molar-refractivity contribution is 4.98. The first kappa shape index (κ1) is 7.57. The van der Waals surface area contributed by atoms with Crippen LogP contribution in [0.2, 0.25) is 0 Å². The number of tetrazole rings is 1. The molecule has 1 N–H and O–H groups in total. The molecule has 66 valence electrons. The number of halogens is 2. The van der Waals surface area contributed by atoms with Gasteiger partial charge in [-0.15, -0.1) is 10.2 Å². The molecule has 0 bridgehead atoms. The summed E-state index contributed by atoms with van der Waals surface area (Å²) in [5, 5.41) is 13.0. The van der Waals surface area contributed by atoms with Crippen LogP contribution in [0, 0.1) is 0 Å². The van der Waals surface area contributed by atoms with Crippen LogP contribution in [0.1, 0.15) is 31.0 Å². The third-order valence-electron chi connectivity index (χ3n) is 2.13. The normalized spacial score (nSPS) is 27.7. The second-order valence-electron chi connectivity index (χ2n) is 3.07. The van der Waals surface area contributed by atoms with E-state index in [-0.39, 0.29) is 18.8 Å². The molecule has 6 heteroatoms. The summed E-state index contributed by atoms with van der Waals surface area (Å²) >= 11 is 0. The van der Waals surface area contributed by atoms with Crippen molar-refractivity contribution in [3.05, 3.63) is 5.82 Å². The molecule has 2 rings (SSSR count). The van der Waals surface area contributed by atoms with E-state index >= 15 is 0 Å². The number of aromatic amines is 1. The van der Waals surface area contributed by atoms with Gasteiger partial charge in [0.15, 0.2) is 5.82 Å². The lowest BCUT2D eigenvalue weighted by Crippen LogP contribution is -2.09. The van der Waals surface area contributed by atoms with E-state index in [9.17, 15) is 8.78 Å². The molecule has 1 aliphatic carbocycles. The highest BCUT2D eigenvalue weighted by Crippen LogP contribution is 2.42. The number of H-pyrrole nitrogens is 1. The summed E-state index contributed by atoms with van der Waals surface area (Å²) in [5.41, 5.74) is 0. The zero-order valence-electron chi connectivity index (χ0n) is 6.30. The van der Waals surface area contributed by atoms with Gasteiger partial charge in [0, 0.05) is 18.8 Å². The van der Waals surface area contributed by atoms with E-state index < -0.39 is 5.92 Å². The number of nitrogens with zero attached hydrogens (tertiary/aromatic N) is 3. The van der Waals surface area contributed by atoms with Crippen molar-refractivity contribution in [2.45, 2.75) is 31.1 Å². The van der Waals surface area contributed by atoms with Crippen molar-refractivity contribution >= 4 is 0 Å². The first-order valence-corrected chi connectivity index (χ1v) is 3.78. The molecule has 4 nitrogen and oxygen atoms in total. The van der Waals surface area contributed by atoms with Gasteiger partial charge in [-0.05, 0) is 6.42 Å². The molecule has 1 fully saturated rings. The Balaban J connectivity index is 2.10. The number of alkyl halides is 2. The second kappa shape index (κ2) is 2.46. The third kappa shape index (κ3) is 1.28. The lowest BCUT2D eigenvalue weighted by Gasteiger charge is -2.06. The molecule has 0 spiro atoms. The number of rotatable bonds is 1. The standard InChI is InChI=1S/C6H8F2N4/c7-6(8)2-1-4(3-6)5-9-11-12-10-5/h4H,1-3H2,(H,9,10,11,12). The predicted molar refractivity (Wildman–Crippen MR) is 35.7 cm³/mol. The van der Waals surface area contributed by atoms with Crippen LogP contribution in [0.3, 0.4) is 0 Å². The van der Waals surface area contributed by atoms with Crippen molar-refractivity contribution in [2.75, 3.05) is 0 Å². The van der Waals surface area contributed by atoms with Gasteiger partial charge in [-0.25, -0.2) is 8.78 Å². The fraction of sp³-hybridized carbons (Fsp3) is 0.833. The summed E-state index contributed by atoms with van der Waals surface area (Å²) in [6, 6.07) is 0. The second-order valence-corrected chi connectivity index (χ2v) is 3.07. The Labute approximate surface area is 67.4 Å². The van der Waals surface area contributed by atoms with Gasteiger partial charge in [-0.1, -0.05) is 5.21 Å². The van der Waals surface area contributed by atoms with E-state index in [0.29, 0.717) is 12.2 Å². The quantitative estimate of drug-likeness (QED) is 0.693. The molecule has 1 aromatic heterocycles. The summed E-state index contributed by atoms with van der Waals surface area (Å²) in [4.78, 5) is 0. The number of hydrogen-bond acceptors (Lipinski definition) is 3. The average Bonchev–Trinajstić information content (AvgIpc) is 2.55. The van der Waals surface area contributed by atoms with Gasteiger partial charge in [0.1, 0.15) is 0 Å². The molecule has 1 heterocycles. The number of aromatic nitrogens is 4. The molecule has 0 aromatic carbocycles. The Morgan fingerprint density at radius 1 is 1.50 bits per heavy atom. The predicted octanol–water partition coefficient (Wildman–Crippen LogP) is 1.10. The van der Waals surface area contributed by atoms with E-state index in [1.807, 2.05) is 0 Å². The molecular formula is C6H8F2N4. The first-order valence-electron chi connectivity index (χ1n) is 3.78. The van der Waals surface area contributed by atoms with Crippen LogP contribution in [-0.2, 0) is 0 Å². The Bertz CT molecular complexity index is 259. The lowest BCUT2D eigenvalue weighted by molar-refractivity contribution is 0.00754. The third-order valence-corrected chi connectivity index (χ3v) is 2.13. The van der Waals surface area contributed by atoms with Gasteiger partial charge in [-0.2, -0.15) is 5.21 Å². The van der Waals surface area contributed by atoms with Crippen molar-refractivity contribution in [1.82, 2.24) is 20.6 Å². The van der Waals surface area contributed by atoms with Gasteiger partial charge < -0.3 is 0 Å². The summed E-state index contributed by atoms with van der Waals surface area (Å²) in [7, 11) is 0. The van der Waals surface area contributed by atoms with Crippen LogP contribution in [0.25, 0.3) is 0 Å². The lowest BCUT2D eigenvalue weighted by atomic mass is 10.1. The highest BCUT2D eigenvalue weighted by Gasteiger charge is 2.41. The fourth-order valence-electron chi connectivity index (χ4n) is 1.51. The molecule has 0 saturated heterocycles. The maximum Gasteiger partial charge on any atom is 0.248 e. The molecular weight excluding hydrogens is 166 g/mol. The Hall–Kier alpha value is -1.07. The van der Waals surface area contributed by atoms with Gasteiger partial charge in [0.05, 0.1) is 0 Å². The van der Waals surface area contributed by atoms with E-state index in [0.717, 1.165) is 0 Å². The minimum atomic E-state index is -2.54. The van der Waals surface area contributed by atoms with Gasteiger partial charge in [0.2, 0.25) is 5.92 Å². The molecule has 0 radical (unpaired) electrons. The largest absolute Gasteiger partial charge is 0.248 e. The van der Waals surface area contributed by atoms with Crippen molar-refractivity contribution in [1.29, 1.82) is 0 Å². The van der Waals surface area contributed by atoms with Gasteiger partial charge in [0.25, 0.3) is 0 Å². The minimum Gasteiger partial charge on any atom is -0.207 e. The van der Waals surface area contributed by atoms with Crippen LogP contribution < -0.4 is 0 Å². The van der Waals surface area contributed by atoms with Crippen LogP contribution in [0.4, 0.5) is 8.78 Å². The molecule has 0 aliphatic heterocycles.